The van der Waals surface area contributed by atoms with Crippen LogP contribution in [0.25, 0.3) is 11.0 Å². The molecule has 0 saturated carbocycles. The average molecular weight is 372 g/mol. The molecular weight excluding hydrogens is 352 g/mol. The Balaban J connectivity index is 1.65. The summed E-state index contributed by atoms with van der Waals surface area (Å²) in [6.45, 7) is 4.24. The first-order chi connectivity index (χ1) is 12.3. The van der Waals surface area contributed by atoms with Gasteiger partial charge in [0, 0.05) is 17.5 Å². The van der Waals surface area contributed by atoms with Crippen LogP contribution in [0.4, 0.5) is 0 Å². The van der Waals surface area contributed by atoms with Crippen LogP contribution in [0.15, 0.2) is 51.8 Å². The monoisotopic (exact) mass is 372 g/mol. The molecule has 0 fully saturated rings. The molecule has 0 aliphatic rings. The number of carbonyl (C=O) groups is 1. The number of nitrogens with one attached hydrogen (secondary N) is 1. The van der Waals surface area contributed by atoms with Gasteiger partial charge in [-0.25, -0.2) is 13.6 Å². The van der Waals surface area contributed by atoms with Gasteiger partial charge in [-0.1, -0.05) is 24.3 Å². The van der Waals surface area contributed by atoms with Crippen LogP contribution in [0.5, 0.6) is 0 Å². The first-order valence-corrected chi connectivity index (χ1v) is 9.70. The van der Waals surface area contributed by atoms with Crippen molar-refractivity contribution in [3.05, 3.63) is 64.9 Å². The highest BCUT2D eigenvalue weighted by atomic mass is 32.2. The van der Waals surface area contributed by atoms with Crippen molar-refractivity contribution in [1.82, 2.24) is 5.32 Å². The number of benzene rings is 2. The summed E-state index contributed by atoms with van der Waals surface area (Å²) in [6, 6.07) is 12.1. The highest BCUT2D eigenvalue weighted by molar-refractivity contribution is 7.89. The number of nitrogens with two attached hydrogens (primary N) is 1. The number of aryl methyl sites for hydroxylation is 2. The molecule has 3 rings (SSSR count). The minimum absolute atomic E-state index is 0.0680. The van der Waals surface area contributed by atoms with Gasteiger partial charge in [0.15, 0.2) is 5.76 Å². The van der Waals surface area contributed by atoms with E-state index < -0.39 is 10.0 Å². The standard InChI is InChI=1S/C19H20N2O4S/c1-12-3-8-16-13(2)18(25-17(16)11-12)19(22)21-10-9-14-4-6-15(7-5-14)26(20,23)24/h3-8,11H,9-10H2,1-2H3,(H,21,22)(H2,20,23,24). The van der Waals surface area contributed by atoms with Crippen LogP contribution in [0.1, 0.15) is 27.2 Å². The van der Waals surface area contributed by atoms with E-state index in [4.69, 9.17) is 9.56 Å². The minimum atomic E-state index is -3.69. The number of hydrogen-bond acceptors (Lipinski definition) is 4. The van der Waals surface area contributed by atoms with Crippen molar-refractivity contribution in [1.29, 1.82) is 0 Å². The van der Waals surface area contributed by atoms with Gasteiger partial charge in [0.2, 0.25) is 10.0 Å². The Kier molecular flexibility index (Phi) is 4.84. The molecule has 3 aromatic rings. The SMILES string of the molecule is Cc1ccc2c(C)c(C(=O)NCCc3ccc(S(N)(=O)=O)cc3)oc2c1. The summed E-state index contributed by atoms with van der Waals surface area (Å²) in [6.07, 6.45) is 0.565. The number of furan rings is 1. The zero-order valence-corrected chi connectivity index (χ0v) is 15.4. The fourth-order valence-electron chi connectivity index (χ4n) is 2.80. The molecule has 0 aliphatic carbocycles. The molecule has 136 valence electrons. The normalized spacial score (nSPS) is 11.7. The van der Waals surface area contributed by atoms with Crippen molar-refractivity contribution in [2.45, 2.75) is 25.2 Å². The molecule has 7 heteroatoms. The predicted molar refractivity (Wildman–Crippen MR) is 99.5 cm³/mol. The topological polar surface area (TPSA) is 102 Å². The van der Waals surface area contributed by atoms with Crippen LogP contribution in [-0.2, 0) is 16.4 Å². The van der Waals surface area contributed by atoms with Crippen molar-refractivity contribution in [3.63, 3.8) is 0 Å². The molecule has 3 N–H and O–H groups in total. The van der Waals surface area contributed by atoms with E-state index in [9.17, 15) is 13.2 Å². The molecular formula is C19H20N2O4S. The lowest BCUT2D eigenvalue weighted by Crippen LogP contribution is -2.25. The van der Waals surface area contributed by atoms with Crippen LogP contribution in [-0.4, -0.2) is 20.9 Å². The number of rotatable bonds is 5. The van der Waals surface area contributed by atoms with Crippen LogP contribution in [0.3, 0.4) is 0 Å². The van der Waals surface area contributed by atoms with Crippen molar-refractivity contribution in [3.8, 4) is 0 Å². The molecule has 0 atom stereocenters. The molecule has 0 spiro atoms. The summed E-state index contributed by atoms with van der Waals surface area (Å²) in [5, 5.41) is 8.83. The summed E-state index contributed by atoms with van der Waals surface area (Å²) < 4.78 is 28.2. The summed E-state index contributed by atoms with van der Waals surface area (Å²) in [4.78, 5) is 12.5. The Hall–Kier alpha value is -2.64. The second kappa shape index (κ2) is 6.93. The maximum absolute atomic E-state index is 12.4. The number of primary sulfonamides is 1. The Morgan fingerprint density at radius 1 is 1.12 bits per heavy atom. The van der Waals surface area contributed by atoms with Gasteiger partial charge in [-0.2, -0.15) is 0 Å². The first kappa shape index (κ1) is 18.2. The lowest BCUT2D eigenvalue weighted by Gasteiger charge is -2.05. The number of fused-ring (bicyclic) bond motifs is 1. The average Bonchev–Trinajstić information content (AvgIpc) is 2.90. The van der Waals surface area contributed by atoms with E-state index in [2.05, 4.69) is 5.32 Å². The third kappa shape index (κ3) is 3.79. The predicted octanol–water partition coefficient (Wildman–Crippen LogP) is 2.67. The van der Waals surface area contributed by atoms with Gasteiger partial charge < -0.3 is 9.73 Å². The third-order valence-electron chi connectivity index (χ3n) is 4.25. The number of hydrogen-bond donors (Lipinski definition) is 2. The Labute approximate surface area is 152 Å². The van der Waals surface area contributed by atoms with Gasteiger partial charge in [-0.3, -0.25) is 4.79 Å². The van der Waals surface area contributed by atoms with Crippen molar-refractivity contribution < 1.29 is 17.6 Å². The van der Waals surface area contributed by atoms with Crippen molar-refractivity contribution in [2.75, 3.05) is 6.54 Å². The molecule has 2 aromatic carbocycles. The summed E-state index contributed by atoms with van der Waals surface area (Å²) in [5.74, 6) is 0.0488. The zero-order chi connectivity index (χ0) is 18.9. The van der Waals surface area contributed by atoms with Gasteiger partial charge in [0.05, 0.1) is 4.90 Å². The van der Waals surface area contributed by atoms with Gasteiger partial charge >= 0.3 is 0 Å². The summed E-state index contributed by atoms with van der Waals surface area (Å²) >= 11 is 0. The lowest BCUT2D eigenvalue weighted by molar-refractivity contribution is 0.0927. The van der Waals surface area contributed by atoms with Gasteiger partial charge in [-0.05, 0) is 49.6 Å². The molecule has 6 nitrogen and oxygen atoms in total. The Bertz CT molecular complexity index is 1070. The van der Waals surface area contributed by atoms with Crippen molar-refractivity contribution >= 4 is 26.9 Å². The third-order valence-corrected chi connectivity index (χ3v) is 5.18. The van der Waals surface area contributed by atoms with E-state index in [0.717, 1.165) is 22.1 Å². The minimum Gasteiger partial charge on any atom is -0.451 e. The second-order valence-corrected chi connectivity index (χ2v) is 7.81. The molecule has 0 saturated heterocycles. The van der Waals surface area contributed by atoms with E-state index in [1.165, 1.54) is 12.1 Å². The molecule has 1 aromatic heterocycles. The van der Waals surface area contributed by atoms with Gasteiger partial charge in [0.1, 0.15) is 5.58 Å². The molecule has 0 aliphatic heterocycles. The van der Waals surface area contributed by atoms with Crippen LogP contribution in [0.2, 0.25) is 0 Å². The van der Waals surface area contributed by atoms with Crippen LogP contribution in [0, 0.1) is 13.8 Å². The van der Waals surface area contributed by atoms with E-state index in [1.54, 1.807) is 12.1 Å². The maximum atomic E-state index is 12.4. The number of sulfonamides is 1. The fourth-order valence-corrected chi connectivity index (χ4v) is 3.31. The van der Waals surface area contributed by atoms with Gasteiger partial charge in [0.25, 0.3) is 5.91 Å². The van der Waals surface area contributed by atoms with E-state index in [0.29, 0.717) is 24.3 Å². The largest absolute Gasteiger partial charge is 0.451 e. The molecule has 1 heterocycles. The molecule has 0 bridgehead atoms. The van der Waals surface area contributed by atoms with E-state index in [-0.39, 0.29) is 10.8 Å². The second-order valence-electron chi connectivity index (χ2n) is 6.25. The Morgan fingerprint density at radius 3 is 2.46 bits per heavy atom. The number of amides is 1. The zero-order valence-electron chi connectivity index (χ0n) is 14.6. The fraction of sp³-hybridized carbons (Fsp3) is 0.211. The van der Waals surface area contributed by atoms with Crippen molar-refractivity contribution in [2.24, 2.45) is 5.14 Å². The van der Waals surface area contributed by atoms with Crippen LogP contribution >= 0.6 is 0 Å². The molecule has 26 heavy (non-hydrogen) atoms. The first-order valence-electron chi connectivity index (χ1n) is 8.15. The Morgan fingerprint density at radius 2 is 1.81 bits per heavy atom. The smallest absolute Gasteiger partial charge is 0.287 e. The van der Waals surface area contributed by atoms with Crippen LogP contribution < -0.4 is 10.5 Å². The summed E-state index contributed by atoms with van der Waals surface area (Å²) in [7, 11) is -3.69. The highest BCUT2D eigenvalue weighted by Gasteiger charge is 2.17. The number of carbonyl (C=O) groups excluding carboxylic acids is 1. The molecule has 0 unspecified atom stereocenters. The lowest BCUT2D eigenvalue weighted by atomic mass is 10.1. The quantitative estimate of drug-likeness (QED) is 0.719. The van der Waals surface area contributed by atoms with Gasteiger partial charge in [-0.15, -0.1) is 0 Å². The maximum Gasteiger partial charge on any atom is 0.287 e. The van der Waals surface area contributed by atoms with E-state index >= 15 is 0 Å². The molecule has 0 radical (unpaired) electrons. The summed E-state index contributed by atoms with van der Waals surface area (Å²) in [5.41, 5.74) is 3.48. The van der Waals surface area contributed by atoms with E-state index in [1.807, 2.05) is 32.0 Å². The highest BCUT2D eigenvalue weighted by Crippen LogP contribution is 2.26. The molecule has 1 amide bonds.